The Morgan fingerprint density at radius 2 is 1.73 bits per heavy atom. The zero-order valence-electron chi connectivity index (χ0n) is 17.6. The summed E-state index contributed by atoms with van der Waals surface area (Å²) in [5.41, 5.74) is 2.35. The summed E-state index contributed by atoms with van der Waals surface area (Å²) in [5.74, 6) is -2.39. The van der Waals surface area contributed by atoms with Crippen LogP contribution in [-0.2, 0) is 6.54 Å². The summed E-state index contributed by atoms with van der Waals surface area (Å²) in [6, 6.07) is 18.5. The number of halogens is 2. The second-order valence-electron chi connectivity index (χ2n) is 7.64. The van der Waals surface area contributed by atoms with Crippen LogP contribution in [0.25, 0.3) is 0 Å². The molecule has 1 heterocycles. The molecule has 0 aromatic heterocycles. The van der Waals surface area contributed by atoms with Crippen molar-refractivity contribution in [3.8, 4) is 6.07 Å². The second-order valence-corrected chi connectivity index (χ2v) is 7.64. The highest BCUT2D eigenvalue weighted by Gasteiger charge is 2.26. The van der Waals surface area contributed by atoms with E-state index in [1.807, 2.05) is 12.1 Å². The number of nitrogens with one attached hydrogen (secondary N) is 1. The molecule has 0 saturated carbocycles. The Bertz CT molecular complexity index is 1220. The van der Waals surface area contributed by atoms with Crippen LogP contribution in [0.3, 0.4) is 0 Å². The minimum absolute atomic E-state index is 0.129. The SMILES string of the molecule is N#Cc1ccc(CN2CCCN(c3ccc(NC(=O)c4ccc(F)cc4F)cc3)C2=O)cc1. The number of amides is 3. The highest BCUT2D eigenvalue weighted by Crippen LogP contribution is 2.24. The van der Waals surface area contributed by atoms with E-state index < -0.39 is 17.5 Å². The highest BCUT2D eigenvalue weighted by atomic mass is 19.1. The van der Waals surface area contributed by atoms with Crippen LogP contribution in [0.5, 0.6) is 0 Å². The van der Waals surface area contributed by atoms with Crippen LogP contribution in [-0.4, -0.2) is 29.9 Å². The molecule has 166 valence electrons. The number of carbonyl (C=O) groups excluding carboxylic acids is 2. The molecule has 1 aliphatic rings. The molecule has 1 saturated heterocycles. The van der Waals surface area contributed by atoms with Gasteiger partial charge in [-0.25, -0.2) is 13.6 Å². The molecule has 0 bridgehead atoms. The van der Waals surface area contributed by atoms with Crippen molar-refractivity contribution in [2.75, 3.05) is 23.3 Å². The molecule has 0 unspecified atom stereocenters. The zero-order valence-corrected chi connectivity index (χ0v) is 17.6. The molecule has 1 aliphatic heterocycles. The van der Waals surface area contributed by atoms with Gasteiger partial charge in [0.2, 0.25) is 0 Å². The smallest absolute Gasteiger partial charge is 0.322 e. The fourth-order valence-electron chi connectivity index (χ4n) is 3.67. The molecule has 0 spiro atoms. The van der Waals surface area contributed by atoms with Gasteiger partial charge in [-0.3, -0.25) is 9.69 Å². The molecule has 3 amide bonds. The maximum absolute atomic E-state index is 13.8. The van der Waals surface area contributed by atoms with Crippen LogP contribution in [0.15, 0.2) is 66.7 Å². The molecule has 33 heavy (non-hydrogen) atoms. The molecule has 8 heteroatoms. The van der Waals surface area contributed by atoms with Crippen molar-refractivity contribution < 1.29 is 18.4 Å². The van der Waals surface area contributed by atoms with Gasteiger partial charge in [-0.2, -0.15) is 5.26 Å². The molecular weight excluding hydrogens is 426 g/mol. The van der Waals surface area contributed by atoms with Crippen molar-refractivity contribution in [2.45, 2.75) is 13.0 Å². The maximum Gasteiger partial charge on any atom is 0.324 e. The number of hydrogen-bond donors (Lipinski definition) is 1. The average molecular weight is 446 g/mol. The van der Waals surface area contributed by atoms with Gasteiger partial charge in [-0.15, -0.1) is 0 Å². The van der Waals surface area contributed by atoms with Crippen LogP contribution in [0, 0.1) is 23.0 Å². The number of urea groups is 1. The molecule has 3 aromatic carbocycles. The summed E-state index contributed by atoms with van der Waals surface area (Å²) in [7, 11) is 0. The van der Waals surface area contributed by atoms with Crippen LogP contribution in [0.2, 0.25) is 0 Å². The van der Waals surface area contributed by atoms with Gasteiger partial charge >= 0.3 is 6.03 Å². The Balaban J connectivity index is 1.42. The maximum atomic E-state index is 13.8. The first-order valence-corrected chi connectivity index (χ1v) is 10.4. The first-order valence-electron chi connectivity index (χ1n) is 10.4. The van der Waals surface area contributed by atoms with Gasteiger partial charge in [0.05, 0.1) is 17.2 Å². The van der Waals surface area contributed by atoms with Gasteiger partial charge in [-0.1, -0.05) is 12.1 Å². The molecule has 1 N–H and O–H groups in total. The first-order chi connectivity index (χ1) is 15.9. The summed E-state index contributed by atoms with van der Waals surface area (Å²) in [4.78, 5) is 28.7. The molecule has 4 rings (SSSR count). The van der Waals surface area contributed by atoms with E-state index >= 15 is 0 Å². The predicted molar refractivity (Wildman–Crippen MR) is 120 cm³/mol. The average Bonchev–Trinajstić information content (AvgIpc) is 2.81. The topological polar surface area (TPSA) is 76.4 Å². The van der Waals surface area contributed by atoms with E-state index in [0.29, 0.717) is 42.6 Å². The molecule has 0 aliphatic carbocycles. The van der Waals surface area contributed by atoms with Crippen LogP contribution >= 0.6 is 0 Å². The Kier molecular flexibility index (Phi) is 6.31. The van der Waals surface area contributed by atoms with Crippen LogP contribution in [0.1, 0.15) is 27.9 Å². The van der Waals surface area contributed by atoms with Gasteiger partial charge in [0.25, 0.3) is 5.91 Å². The van der Waals surface area contributed by atoms with E-state index in [1.54, 1.807) is 46.2 Å². The Hall–Kier alpha value is -4.25. The normalized spacial score (nSPS) is 13.5. The molecule has 3 aromatic rings. The standard InChI is InChI=1S/C25H20F2N4O2/c26-19-6-11-22(23(27)14-19)24(32)29-20-7-9-21(10-8-20)31-13-1-12-30(25(31)33)16-18-4-2-17(15-28)3-5-18/h2-11,14H,1,12-13,16H2,(H,29,32). The Morgan fingerprint density at radius 1 is 1.00 bits per heavy atom. The molecule has 1 fully saturated rings. The van der Waals surface area contributed by atoms with Crippen molar-refractivity contribution in [3.05, 3.63) is 95.1 Å². The third-order valence-electron chi connectivity index (χ3n) is 5.38. The largest absolute Gasteiger partial charge is 0.324 e. The fourth-order valence-corrected chi connectivity index (χ4v) is 3.67. The number of anilines is 2. The lowest BCUT2D eigenvalue weighted by atomic mass is 10.1. The van der Waals surface area contributed by atoms with Gasteiger partial charge in [0, 0.05) is 37.1 Å². The number of nitriles is 1. The van der Waals surface area contributed by atoms with Crippen molar-refractivity contribution >= 4 is 23.3 Å². The minimum Gasteiger partial charge on any atom is -0.322 e. The van der Waals surface area contributed by atoms with E-state index in [0.717, 1.165) is 24.1 Å². The monoisotopic (exact) mass is 446 g/mol. The number of benzene rings is 3. The number of rotatable bonds is 5. The van der Waals surface area contributed by atoms with Gasteiger partial charge in [0.1, 0.15) is 11.6 Å². The summed E-state index contributed by atoms with van der Waals surface area (Å²) >= 11 is 0. The lowest BCUT2D eigenvalue weighted by molar-refractivity contribution is 0.102. The van der Waals surface area contributed by atoms with Gasteiger partial charge in [-0.05, 0) is 60.5 Å². The minimum atomic E-state index is -0.939. The van der Waals surface area contributed by atoms with Crippen molar-refractivity contribution in [3.63, 3.8) is 0 Å². The number of hydrogen-bond acceptors (Lipinski definition) is 3. The summed E-state index contributed by atoms with van der Waals surface area (Å²) in [5, 5.41) is 11.5. The summed E-state index contributed by atoms with van der Waals surface area (Å²) in [6.45, 7) is 1.64. The lowest BCUT2D eigenvalue weighted by Crippen LogP contribution is -2.49. The molecular formula is C25H20F2N4O2. The van der Waals surface area contributed by atoms with Gasteiger partial charge < -0.3 is 10.2 Å². The number of nitrogens with zero attached hydrogens (tertiary/aromatic N) is 3. The van der Waals surface area contributed by atoms with Crippen molar-refractivity contribution in [1.82, 2.24) is 4.90 Å². The van der Waals surface area contributed by atoms with Crippen molar-refractivity contribution in [1.29, 1.82) is 5.26 Å². The Labute approximate surface area is 189 Å². The molecule has 6 nitrogen and oxygen atoms in total. The highest BCUT2D eigenvalue weighted by molar-refractivity contribution is 6.04. The zero-order chi connectivity index (χ0) is 23.4. The summed E-state index contributed by atoms with van der Waals surface area (Å²) in [6.07, 6.45) is 0.796. The second kappa shape index (κ2) is 9.49. The fraction of sp³-hybridized carbons (Fsp3) is 0.160. The van der Waals surface area contributed by atoms with E-state index in [9.17, 15) is 18.4 Å². The quantitative estimate of drug-likeness (QED) is 0.604. The predicted octanol–water partition coefficient (Wildman–Crippen LogP) is 4.92. The van der Waals surface area contributed by atoms with Gasteiger partial charge in [0.15, 0.2) is 0 Å². The third kappa shape index (κ3) is 4.99. The number of carbonyl (C=O) groups is 2. The first kappa shape index (κ1) is 22.0. The van der Waals surface area contributed by atoms with E-state index in [2.05, 4.69) is 11.4 Å². The van der Waals surface area contributed by atoms with Crippen LogP contribution in [0.4, 0.5) is 25.0 Å². The van der Waals surface area contributed by atoms with Crippen molar-refractivity contribution in [2.24, 2.45) is 0 Å². The summed E-state index contributed by atoms with van der Waals surface area (Å²) < 4.78 is 26.9. The third-order valence-corrected chi connectivity index (χ3v) is 5.38. The Morgan fingerprint density at radius 3 is 2.39 bits per heavy atom. The van der Waals surface area contributed by atoms with E-state index in [1.165, 1.54) is 0 Å². The van der Waals surface area contributed by atoms with E-state index in [-0.39, 0.29) is 11.6 Å². The van der Waals surface area contributed by atoms with Crippen LogP contribution < -0.4 is 10.2 Å². The molecule has 0 atom stereocenters. The van der Waals surface area contributed by atoms with E-state index in [4.69, 9.17) is 5.26 Å². The molecule has 0 radical (unpaired) electrons. The lowest BCUT2D eigenvalue weighted by Gasteiger charge is -2.35.